The number of rotatable bonds is 9. The van der Waals surface area contributed by atoms with Gasteiger partial charge in [0.2, 0.25) is 10.0 Å². The van der Waals surface area contributed by atoms with Crippen molar-refractivity contribution >= 4 is 49.2 Å². The molecule has 12 heteroatoms. The fourth-order valence-corrected chi connectivity index (χ4v) is 5.75. The van der Waals surface area contributed by atoms with E-state index in [0.717, 1.165) is 10.1 Å². The molecule has 10 nitrogen and oxygen atoms in total. The quantitative estimate of drug-likeness (QED) is 0.345. The molecular weight excluding hydrogens is 518 g/mol. The highest BCUT2D eigenvalue weighted by Crippen LogP contribution is 2.34. The van der Waals surface area contributed by atoms with Gasteiger partial charge in [0, 0.05) is 17.0 Å². The first-order valence-corrected chi connectivity index (χ1v) is 14.0. The van der Waals surface area contributed by atoms with Crippen LogP contribution in [0.1, 0.15) is 31.4 Å². The zero-order valence-corrected chi connectivity index (χ0v) is 21.3. The van der Waals surface area contributed by atoms with Crippen molar-refractivity contribution in [2.45, 2.75) is 44.0 Å². The molecule has 0 aliphatic heterocycles. The van der Waals surface area contributed by atoms with E-state index in [2.05, 4.69) is 14.9 Å². The van der Waals surface area contributed by atoms with Gasteiger partial charge in [0.25, 0.3) is 11.5 Å². The molecule has 2 aliphatic carbocycles. The molecule has 0 unspecified atom stereocenters. The van der Waals surface area contributed by atoms with Crippen molar-refractivity contribution in [1.82, 2.24) is 24.3 Å². The summed E-state index contributed by atoms with van der Waals surface area (Å²) in [4.78, 5) is 25.5. The molecule has 6 rings (SSSR count). The van der Waals surface area contributed by atoms with Crippen molar-refractivity contribution in [1.29, 1.82) is 0 Å². The van der Waals surface area contributed by atoms with Crippen LogP contribution in [0.2, 0.25) is 5.02 Å². The number of carbonyl (C=O) groups is 1. The fourth-order valence-electron chi connectivity index (χ4n) is 4.23. The molecule has 2 aromatic carbocycles. The van der Waals surface area contributed by atoms with Gasteiger partial charge in [0.1, 0.15) is 12.3 Å². The van der Waals surface area contributed by atoms with Crippen LogP contribution >= 0.6 is 11.6 Å². The monoisotopic (exact) mass is 541 g/mol. The predicted octanol–water partition coefficient (Wildman–Crippen LogP) is 2.85. The van der Waals surface area contributed by atoms with Gasteiger partial charge in [-0.25, -0.2) is 13.1 Å². The number of sulfonamides is 1. The van der Waals surface area contributed by atoms with Crippen molar-refractivity contribution in [3.63, 3.8) is 0 Å². The van der Waals surface area contributed by atoms with E-state index in [-0.39, 0.29) is 6.54 Å². The topological polar surface area (TPSA) is 125 Å². The Morgan fingerprint density at radius 1 is 1.11 bits per heavy atom. The molecule has 2 saturated carbocycles. The molecule has 2 fully saturated rings. The highest BCUT2D eigenvalue weighted by Gasteiger charge is 2.36. The van der Waals surface area contributed by atoms with Crippen molar-refractivity contribution in [3.05, 3.63) is 63.7 Å². The van der Waals surface area contributed by atoms with E-state index in [9.17, 15) is 18.0 Å². The molecule has 0 atom stereocenters. The van der Waals surface area contributed by atoms with Crippen LogP contribution < -0.4 is 15.0 Å². The van der Waals surface area contributed by atoms with Gasteiger partial charge in [-0.2, -0.15) is 10.2 Å². The Balaban J connectivity index is 1.30. The average molecular weight is 542 g/mol. The molecule has 2 aliphatic rings. The lowest BCUT2D eigenvalue weighted by Gasteiger charge is -2.11. The summed E-state index contributed by atoms with van der Waals surface area (Å²) in [6.45, 7) is 0.348. The molecule has 37 heavy (non-hydrogen) atoms. The molecule has 0 saturated heterocycles. The molecule has 192 valence electrons. The third-order valence-corrected chi connectivity index (χ3v) is 8.70. The molecular formula is C25H24ClN5O5S. The summed E-state index contributed by atoms with van der Waals surface area (Å²) in [7, 11) is -3.73. The second-order valence-corrected chi connectivity index (χ2v) is 12.0. The molecule has 0 radical (unpaired) electrons. The van der Waals surface area contributed by atoms with Crippen LogP contribution in [0.25, 0.3) is 21.7 Å². The number of benzene rings is 2. The van der Waals surface area contributed by atoms with Gasteiger partial charge in [-0.15, -0.1) is 0 Å². The Kier molecular flexibility index (Phi) is 5.91. The lowest BCUT2D eigenvalue weighted by atomic mass is 10.1. The number of halogens is 1. The number of fused-ring (bicyclic) bond motifs is 2. The third-order valence-electron chi connectivity index (χ3n) is 6.55. The van der Waals surface area contributed by atoms with Crippen LogP contribution in [0.4, 0.5) is 0 Å². The maximum Gasteiger partial charge on any atom is 0.275 e. The minimum absolute atomic E-state index is 0.216. The normalized spacial score (nSPS) is 15.8. The summed E-state index contributed by atoms with van der Waals surface area (Å²) in [5.74, 6) is 0.409. The van der Waals surface area contributed by atoms with Gasteiger partial charge >= 0.3 is 0 Å². The van der Waals surface area contributed by atoms with E-state index in [1.165, 1.54) is 12.8 Å². The number of hydrogen-bond donors (Lipinski definition) is 1. The van der Waals surface area contributed by atoms with Crippen molar-refractivity contribution in [2.75, 3.05) is 6.61 Å². The Hall–Kier alpha value is -3.44. The molecule has 0 spiro atoms. The van der Waals surface area contributed by atoms with Crippen LogP contribution in [0.15, 0.2) is 47.4 Å². The Morgan fingerprint density at radius 3 is 2.59 bits per heavy atom. The summed E-state index contributed by atoms with van der Waals surface area (Å²) >= 11 is 6.41. The average Bonchev–Trinajstić information content (AvgIpc) is 3.77. The first-order chi connectivity index (χ1) is 17.8. The molecule has 1 amide bonds. The van der Waals surface area contributed by atoms with E-state index in [1.807, 2.05) is 12.3 Å². The van der Waals surface area contributed by atoms with Gasteiger partial charge in [-0.1, -0.05) is 29.8 Å². The van der Waals surface area contributed by atoms with Crippen molar-refractivity contribution in [2.24, 2.45) is 5.92 Å². The summed E-state index contributed by atoms with van der Waals surface area (Å²) in [5, 5.41) is 10.8. The fraction of sp³-hybridized carbons (Fsp3) is 0.360. The highest BCUT2D eigenvalue weighted by atomic mass is 35.5. The number of carbonyl (C=O) groups excluding carboxylic acids is 1. The first-order valence-electron chi connectivity index (χ1n) is 12.1. The summed E-state index contributed by atoms with van der Waals surface area (Å²) in [5.41, 5.74) is 0.719. The summed E-state index contributed by atoms with van der Waals surface area (Å²) < 4.78 is 34.9. The lowest BCUT2D eigenvalue weighted by molar-refractivity contribution is -0.120. The third kappa shape index (κ3) is 5.05. The number of hydrogen-bond acceptors (Lipinski definition) is 7. The highest BCUT2D eigenvalue weighted by molar-refractivity contribution is 7.90. The standard InChI is InChI=1S/C25H24ClN5O5S/c26-20-10-21-16(9-23(20)36-14-15-5-6-15)11-30(27-21)12-22-18-3-1-2-4-19(18)25(33)31(28-22)13-24(32)29-37(34,35)17-7-8-17/h1-4,9-11,15,17H,5-8,12-14H2,(H,29,32). The second-order valence-electron chi connectivity index (χ2n) is 9.65. The van der Waals surface area contributed by atoms with Gasteiger partial charge in [0.15, 0.2) is 0 Å². The van der Waals surface area contributed by atoms with E-state index in [4.69, 9.17) is 16.3 Å². The molecule has 1 N–H and O–H groups in total. The van der Waals surface area contributed by atoms with Gasteiger partial charge in [-0.3, -0.25) is 19.0 Å². The van der Waals surface area contributed by atoms with Crippen LogP contribution in [-0.4, -0.2) is 45.7 Å². The zero-order chi connectivity index (χ0) is 25.7. The summed E-state index contributed by atoms with van der Waals surface area (Å²) in [6.07, 6.45) is 5.26. The number of nitrogens with one attached hydrogen (secondary N) is 1. The number of nitrogens with zero attached hydrogens (tertiary/aromatic N) is 4. The predicted molar refractivity (Wildman–Crippen MR) is 138 cm³/mol. The zero-order valence-electron chi connectivity index (χ0n) is 19.8. The van der Waals surface area contributed by atoms with E-state index >= 15 is 0 Å². The number of ether oxygens (including phenoxy) is 1. The second kappa shape index (κ2) is 9.14. The lowest BCUT2D eigenvalue weighted by Crippen LogP contribution is -2.38. The largest absolute Gasteiger partial charge is 0.492 e. The molecule has 4 aromatic rings. The van der Waals surface area contributed by atoms with Crippen molar-refractivity contribution < 1.29 is 17.9 Å². The number of amides is 1. The van der Waals surface area contributed by atoms with Gasteiger partial charge in [0.05, 0.1) is 40.0 Å². The number of aromatic nitrogens is 4. The van der Waals surface area contributed by atoms with Crippen LogP contribution in [0.3, 0.4) is 0 Å². The van der Waals surface area contributed by atoms with Crippen LogP contribution in [0.5, 0.6) is 5.75 Å². The molecule has 2 heterocycles. The maximum absolute atomic E-state index is 13.0. The van der Waals surface area contributed by atoms with E-state index in [1.54, 1.807) is 35.0 Å². The SMILES string of the molecule is O=C(Cn1nc(Cn2cc3cc(OCC4CC4)c(Cl)cc3n2)c2ccccc2c1=O)NS(=O)(=O)C1CC1. The Morgan fingerprint density at radius 2 is 1.86 bits per heavy atom. The minimum Gasteiger partial charge on any atom is -0.492 e. The smallest absolute Gasteiger partial charge is 0.275 e. The van der Waals surface area contributed by atoms with E-state index in [0.29, 0.717) is 58.1 Å². The van der Waals surface area contributed by atoms with Crippen molar-refractivity contribution in [3.8, 4) is 5.75 Å². The van der Waals surface area contributed by atoms with Gasteiger partial charge in [-0.05, 0) is 49.8 Å². The van der Waals surface area contributed by atoms with Crippen LogP contribution in [-0.2, 0) is 27.9 Å². The van der Waals surface area contributed by atoms with E-state index < -0.39 is 33.3 Å². The minimum atomic E-state index is -3.73. The Bertz CT molecular complexity index is 1710. The molecule has 0 bridgehead atoms. The first kappa shape index (κ1) is 23.9. The maximum atomic E-state index is 13.0. The van der Waals surface area contributed by atoms with Gasteiger partial charge < -0.3 is 4.74 Å². The van der Waals surface area contributed by atoms with Crippen LogP contribution in [0, 0.1) is 5.92 Å². The molecule has 2 aromatic heterocycles. The summed E-state index contributed by atoms with van der Waals surface area (Å²) in [6, 6.07) is 10.6. The Labute approximate surface area is 217 Å².